The maximum Gasteiger partial charge on any atom is 0.417 e. The third kappa shape index (κ3) is 5.28. The van der Waals surface area contributed by atoms with Crippen molar-refractivity contribution in [2.24, 2.45) is 0 Å². The van der Waals surface area contributed by atoms with E-state index in [1.165, 1.54) is 52.8 Å². The van der Waals surface area contributed by atoms with Crippen LogP contribution in [0.15, 0.2) is 65.6 Å². The summed E-state index contributed by atoms with van der Waals surface area (Å²) in [6.07, 6.45) is -2.48. The zero-order valence-electron chi connectivity index (χ0n) is 16.0. The molecule has 0 aromatic heterocycles. The molecule has 0 saturated carbocycles. The van der Waals surface area contributed by atoms with E-state index in [0.717, 1.165) is 12.8 Å². The first-order chi connectivity index (χ1) is 14.2. The van der Waals surface area contributed by atoms with Crippen LogP contribution in [0.4, 0.5) is 13.2 Å². The van der Waals surface area contributed by atoms with Gasteiger partial charge in [0.15, 0.2) is 0 Å². The Morgan fingerprint density at radius 3 is 2.17 bits per heavy atom. The molecule has 0 radical (unpaired) electrons. The van der Waals surface area contributed by atoms with Crippen molar-refractivity contribution in [2.45, 2.75) is 30.5 Å². The Bertz CT molecular complexity index is 1010. The molecule has 1 heterocycles. The number of carbonyl (C=O) groups is 1. The fraction of sp³-hybridized carbons (Fsp3) is 0.286. The van der Waals surface area contributed by atoms with Crippen LogP contribution in [0.5, 0.6) is 0 Å². The first kappa shape index (κ1) is 22.0. The molecule has 2 aromatic rings. The van der Waals surface area contributed by atoms with Crippen LogP contribution in [0.25, 0.3) is 5.57 Å². The fourth-order valence-electron chi connectivity index (χ4n) is 3.17. The van der Waals surface area contributed by atoms with Crippen molar-refractivity contribution < 1.29 is 26.4 Å². The van der Waals surface area contributed by atoms with Crippen molar-refractivity contribution in [1.82, 2.24) is 9.62 Å². The van der Waals surface area contributed by atoms with Crippen LogP contribution in [0, 0.1) is 0 Å². The van der Waals surface area contributed by atoms with Crippen molar-refractivity contribution in [3.05, 3.63) is 71.8 Å². The zero-order chi connectivity index (χ0) is 21.8. The number of amides is 1. The molecule has 30 heavy (non-hydrogen) atoms. The summed E-state index contributed by atoms with van der Waals surface area (Å²) >= 11 is 0. The normalized spacial score (nSPS) is 15.9. The number of nitrogens with zero attached hydrogens (tertiary/aromatic N) is 1. The molecule has 9 heteroatoms. The summed E-state index contributed by atoms with van der Waals surface area (Å²) in [6, 6.07) is 13.0. The molecule has 1 aliphatic rings. The fourth-order valence-corrected chi connectivity index (χ4v) is 4.69. The summed E-state index contributed by atoms with van der Waals surface area (Å²) in [7, 11) is -3.54. The van der Waals surface area contributed by atoms with Gasteiger partial charge in [0.1, 0.15) is 0 Å². The minimum absolute atomic E-state index is 0.0285. The summed E-state index contributed by atoms with van der Waals surface area (Å²) < 4.78 is 66.3. The van der Waals surface area contributed by atoms with E-state index < -0.39 is 27.7 Å². The molecule has 0 atom stereocenters. The van der Waals surface area contributed by atoms with Gasteiger partial charge < -0.3 is 5.32 Å². The van der Waals surface area contributed by atoms with Crippen LogP contribution in [0.3, 0.4) is 0 Å². The van der Waals surface area contributed by atoms with Crippen molar-refractivity contribution in [1.29, 1.82) is 0 Å². The molecule has 3 rings (SSSR count). The molecule has 1 saturated heterocycles. The average molecular weight is 438 g/mol. The number of carbonyl (C=O) groups excluding carboxylic acids is 1. The summed E-state index contributed by atoms with van der Waals surface area (Å²) in [4.78, 5) is 12.2. The highest BCUT2D eigenvalue weighted by Crippen LogP contribution is 2.33. The van der Waals surface area contributed by atoms with Crippen LogP contribution in [-0.4, -0.2) is 37.9 Å². The quantitative estimate of drug-likeness (QED) is 0.699. The van der Waals surface area contributed by atoms with Crippen LogP contribution in [-0.2, 0) is 21.4 Å². The Morgan fingerprint density at radius 1 is 1.00 bits per heavy atom. The number of benzene rings is 2. The van der Waals surface area contributed by atoms with E-state index in [0.29, 0.717) is 24.7 Å². The molecule has 1 N–H and O–H groups in total. The Hall–Kier alpha value is -2.65. The molecule has 0 spiro atoms. The predicted molar refractivity (Wildman–Crippen MR) is 107 cm³/mol. The van der Waals surface area contributed by atoms with Gasteiger partial charge in [-0.3, -0.25) is 4.79 Å². The standard InChI is InChI=1S/C21H21F3N2O3S/c22-21(23,24)19(17-6-2-1-3-7-17)14-20(27)25-15-16-8-10-18(11-9-16)30(28,29)26-12-4-5-13-26/h1-3,6-11,14H,4-5,12-13,15H2,(H,25,27)/b19-14+. The van der Waals surface area contributed by atoms with Crippen LogP contribution in [0.2, 0.25) is 0 Å². The van der Waals surface area contributed by atoms with Crippen LogP contribution in [0.1, 0.15) is 24.0 Å². The summed E-state index contributed by atoms with van der Waals surface area (Å²) in [5.74, 6) is -0.889. The smallest absolute Gasteiger partial charge is 0.348 e. The predicted octanol–water partition coefficient (Wildman–Crippen LogP) is 3.73. The molecule has 2 aromatic carbocycles. The Labute approximate surface area is 173 Å². The van der Waals surface area contributed by atoms with E-state index >= 15 is 0 Å². The van der Waals surface area contributed by atoms with Crippen molar-refractivity contribution in [3.63, 3.8) is 0 Å². The maximum atomic E-state index is 13.3. The van der Waals surface area contributed by atoms with E-state index in [-0.39, 0.29) is 17.0 Å². The van der Waals surface area contributed by atoms with Gasteiger partial charge in [-0.25, -0.2) is 8.42 Å². The van der Waals surface area contributed by atoms with Gasteiger partial charge in [0.25, 0.3) is 0 Å². The second-order valence-corrected chi connectivity index (χ2v) is 8.83. The largest absolute Gasteiger partial charge is 0.417 e. The molecule has 1 aliphatic heterocycles. The average Bonchev–Trinajstić information content (AvgIpc) is 3.26. The van der Waals surface area contributed by atoms with Gasteiger partial charge in [0.05, 0.1) is 10.5 Å². The van der Waals surface area contributed by atoms with Crippen LogP contribution < -0.4 is 5.32 Å². The highest BCUT2D eigenvalue weighted by atomic mass is 32.2. The first-order valence-corrected chi connectivity index (χ1v) is 10.8. The van der Waals surface area contributed by atoms with Crippen molar-refractivity contribution >= 4 is 21.5 Å². The topological polar surface area (TPSA) is 66.5 Å². The number of rotatable bonds is 6. The molecule has 0 bridgehead atoms. The van der Waals surface area contributed by atoms with Gasteiger partial charge in [-0.05, 0) is 36.1 Å². The highest BCUT2D eigenvalue weighted by Gasteiger charge is 2.35. The second kappa shape index (κ2) is 9.01. The number of hydrogen-bond donors (Lipinski definition) is 1. The van der Waals surface area contributed by atoms with Crippen molar-refractivity contribution in [3.8, 4) is 0 Å². The van der Waals surface area contributed by atoms with Crippen LogP contribution >= 0.6 is 0 Å². The lowest BCUT2D eigenvalue weighted by molar-refractivity contribution is -0.117. The van der Waals surface area contributed by atoms with E-state index in [1.807, 2.05) is 0 Å². The second-order valence-electron chi connectivity index (χ2n) is 6.89. The molecule has 160 valence electrons. The molecule has 5 nitrogen and oxygen atoms in total. The van der Waals surface area contributed by atoms with Gasteiger partial charge in [-0.15, -0.1) is 0 Å². The number of sulfonamides is 1. The lowest BCUT2D eigenvalue weighted by Crippen LogP contribution is -2.27. The zero-order valence-corrected chi connectivity index (χ0v) is 16.8. The molecular formula is C21H21F3N2O3S. The Morgan fingerprint density at radius 2 is 1.60 bits per heavy atom. The summed E-state index contributed by atoms with van der Waals surface area (Å²) in [6.45, 7) is 0.962. The number of alkyl halides is 3. The molecule has 1 fully saturated rings. The monoisotopic (exact) mass is 438 g/mol. The summed E-state index contributed by atoms with van der Waals surface area (Å²) in [5, 5.41) is 2.41. The van der Waals surface area contributed by atoms with Gasteiger partial charge in [0.2, 0.25) is 15.9 Å². The van der Waals surface area contributed by atoms with E-state index in [2.05, 4.69) is 5.32 Å². The number of nitrogens with one attached hydrogen (secondary N) is 1. The van der Waals surface area contributed by atoms with E-state index in [4.69, 9.17) is 0 Å². The first-order valence-electron chi connectivity index (χ1n) is 9.39. The van der Waals surface area contributed by atoms with Gasteiger partial charge >= 0.3 is 6.18 Å². The maximum absolute atomic E-state index is 13.3. The van der Waals surface area contributed by atoms with Gasteiger partial charge in [-0.2, -0.15) is 17.5 Å². The third-order valence-corrected chi connectivity index (χ3v) is 6.67. The van der Waals surface area contributed by atoms with Crippen molar-refractivity contribution in [2.75, 3.05) is 13.1 Å². The lowest BCUT2D eigenvalue weighted by atomic mass is 10.1. The summed E-state index contributed by atoms with van der Waals surface area (Å²) in [5.41, 5.74) is -0.560. The van der Waals surface area contributed by atoms with E-state index in [9.17, 15) is 26.4 Å². The molecule has 0 aliphatic carbocycles. The Kier molecular flexibility index (Phi) is 6.62. The van der Waals surface area contributed by atoms with Gasteiger partial charge in [-0.1, -0.05) is 42.5 Å². The van der Waals surface area contributed by atoms with Gasteiger partial charge in [0, 0.05) is 25.7 Å². The molecule has 0 unspecified atom stereocenters. The SMILES string of the molecule is O=C(/C=C(\c1ccccc1)C(F)(F)F)NCc1ccc(S(=O)(=O)N2CCCC2)cc1. The number of hydrogen-bond acceptors (Lipinski definition) is 3. The number of allylic oxidation sites excluding steroid dienone is 1. The highest BCUT2D eigenvalue weighted by molar-refractivity contribution is 7.89. The minimum atomic E-state index is -4.68. The molecular weight excluding hydrogens is 417 g/mol. The van der Waals surface area contributed by atoms with E-state index in [1.54, 1.807) is 6.07 Å². The lowest BCUT2D eigenvalue weighted by Gasteiger charge is -2.15. The number of halogens is 3. The minimum Gasteiger partial charge on any atom is -0.348 e. The Balaban J connectivity index is 1.67. The third-order valence-electron chi connectivity index (χ3n) is 4.76. The molecule has 1 amide bonds.